The summed E-state index contributed by atoms with van der Waals surface area (Å²) in [4.78, 5) is 13.8. The summed E-state index contributed by atoms with van der Waals surface area (Å²) in [5.41, 5.74) is 5.85. The van der Waals surface area contributed by atoms with Gasteiger partial charge in [-0.2, -0.15) is 0 Å². The molecule has 20 heavy (non-hydrogen) atoms. The van der Waals surface area contributed by atoms with Crippen molar-refractivity contribution in [3.63, 3.8) is 0 Å². The Morgan fingerprint density at radius 3 is 2.80 bits per heavy atom. The topological polar surface area (TPSA) is 67.6 Å². The van der Waals surface area contributed by atoms with Gasteiger partial charge in [0.15, 0.2) is 0 Å². The van der Waals surface area contributed by atoms with Crippen LogP contribution in [0.4, 0.5) is 5.69 Å². The molecular weight excluding hydrogens is 254 g/mol. The van der Waals surface area contributed by atoms with Crippen LogP contribution in [0.2, 0.25) is 0 Å². The molecule has 3 N–H and O–H groups in total. The quantitative estimate of drug-likeness (QED) is 0.784. The van der Waals surface area contributed by atoms with Crippen LogP contribution >= 0.6 is 0 Å². The molecule has 1 saturated carbocycles. The van der Waals surface area contributed by atoms with Crippen LogP contribution in [0.5, 0.6) is 5.75 Å². The Kier molecular flexibility index (Phi) is 4.18. The van der Waals surface area contributed by atoms with Gasteiger partial charge in [-0.15, -0.1) is 0 Å². The third kappa shape index (κ3) is 3.42. The molecule has 110 valence electrons. The Labute approximate surface area is 120 Å². The predicted octanol–water partition coefficient (Wildman–Crippen LogP) is 1.13. The number of carbonyl (C=O) groups excluding carboxylic acids is 1. The lowest BCUT2D eigenvalue weighted by molar-refractivity contribution is -0.123. The lowest BCUT2D eigenvalue weighted by Crippen LogP contribution is -2.59. The van der Waals surface area contributed by atoms with Gasteiger partial charge in [-0.25, -0.2) is 0 Å². The number of amides is 1. The Morgan fingerprint density at radius 2 is 2.25 bits per heavy atom. The highest BCUT2D eigenvalue weighted by Crippen LogP contribution is 2.25. The van der Waals surface area contributed by atoms with Crippen LogP contribution in [0.1, 0.15) is 19.8 Å². The zero-order valence-corrected chi connectivity index (χ0v) is 12.3. The molecule has 0 heterocycles. The van der Waals surface area contributed by atoms with Crippen LogP contribution in [0.25, 0.3) is 0 Å². The number of hydrogen-bond acceptors (Lipinski definition) is 4. The fraction of sp³-hybridized carbons (Fsp3) is 0.533. The number of likely N-dealkylation sites (N-methyl/N-ethyl adjacent to an activating group) is 1. The zero-order valence-electron chi connectivity index (χ0n) is 12.3. The molecule has 1 aliphatic carbocycles. The molecule has 1 atom stereocenters. The number of ether oxygens (including phenoxy) is 1. The molecular formula is C15H23N3O2. The number of benzene rings is 1. The molecule has 0 bridgehead atoms. The summed E-state index contributed by atoms with van der Waals surface area (Å²) < 4.78 is 5.22. The van der Waals surface area contributed by atoms with Crippen LogP contribution in [0.3, 0.4) is 0 Å². The molecule has 0 radical (unpaired) electrons. The van der Waals surface area contributed by atoms with E-state index in [4.69, 9.17) is 10.5 Å². The van der Waals surface area contributed by atoms with Crippen molar-refractivity contribution in [2.75, 3.05) is 25.6 Å². The largest absolute Gasteiger partial charge is 0.497 e. The molecule has 0 aliphatic heterocycles. The first-order chi connectivity index (χ1) is 9.44. The van der Waals surface area contributed by atoms with Gasteiger partial charge in [0.25, 0.3) is 0 Å². The lowest BCUT2D eigenvalue weighted by Gasteiger charge is -2.33. The fourth-order valence-corrected chi connectivity index (χ4v) is 2.29. The van der Waals surface area contributed by atoms with Crippen molar-refractivity contribution in [2.24, 2.45) is 5.73 Å². The van der Waals surface area contributed by atoms with E-state index in [9.17, 15) is 4.79 Å². The van der Waals surface area contributed by atoms with Crippen molar-refractivity contribution in [3.05, 3.63) is 24.3 Å². The van der Waals surface area contributed by atoms with Crippen LogP contribution in [0, 0.1) is 0 Å². The smallest absolute Gasteiger partial charge is 0.239 e. The number of nitrogens with two attached hydrogens (primary N) is 1. The number of nitrogens with zero attached hydrogens (tertiary/aromatic N) is 1. The van der Waals surface area contributed by atoms with E-state index in [1.54, 1.807) is 7.11 Å². The number of rotatable bonds is 7. The summed E-state index contributed by atoms with van der Waals surface area (Å²) in [6.07, 6.45) is 2.23. The number of anilines is 1. The Hall–Kier alpha value is -1.75. The number of hydrogen-bond donors (Lipinski definition) is 2. The van der Waals surface area contributed by atoms with Crippen molar-refractivity contribution in [3.8, 4) is 5.75 Å². The van der Waals surface area contributed by atoms with Gasteiger partial charge in [0.1, 0.15) is 11.3 Å². The van der Waals surface area contributed by atoms with Crippen molar-refractivity contribution in [1.29, 1.82) is 0 Å². The van der Waals surface area contributed by atoms with Crippen LogP contribution < -0.4 is 20.7 Å². The van der Waals surface area contributed by atoms with E-state index in [0.29, 0.717) is 12.6 Å². The standard InChI is InChI=1S/C15H23N3O2/c1-15(14(16)19,17-11-7-8-11)10-18(2)12-5-4-6-13(9-12)20-3/h4-6,9,11,17H,7-8,10H2,1-3H3,(H2,16,19). The van der Waals surface area contributed by atoms with Gasteiger partial charge in [-0.3, -0.25) is 10.1 Å². The van der Waals surface area contributed by atoms with E-state index < -0.39 is 5.54 Å². The molecule has 1 aliphatic rings. The number of carbonyl (C=O) groups is 1. The summed E-state index contributed by atoms with van der Waals surface area (Å²) in [5.74, 6) is 0.476. The highest BCUT2D eigenvalue weighted by molar-refractivity contribution is 5.85. The molecule has 1 aromatic carbocycles. The highest BCUT2D eigenvalue weighted by Gasteiger charge is 2.38. The van der Waals surface area contributed by atoms with Crippen molar-refractivity contribution in [2.45, 2.75) is 31.3 Å². The molecule has 1 unspecified atom stereocenters. The average Bonchev–Trinajstić information content (AvgIpc) is 3.22. The highest BCUT2D eigenvalue weighted by atomic mass is 16.5. The van der Waals surface area contributed by atoms with Crippen LogP contribution in [0.15, 0.2) is 24.3 Å². The van der Waals surface area contributed by atoms with Crippen molar-refractivity contribution < 1.29 is 9.53 Å². The summed E-state index contributed by atoms with van der Waals surface area (Å²) >= 11 is 0. The number of primary amides is 1. The summed E-state index contributed by atoms with van der Waals surface area (Å²) in [7, 11) is 3.59. The first-order valence-electron chi connectivity index (χ1n) is 6.87. The summed E-state index contributed by atoms with van der Waals surface area (Å²) in [5, 5.41) is 3.35. The molecule has 0 spiro atoms. The maximum Gasteiger partial charge on any atom is 0.239 e. The molecule has 5 heteroatoms. The average molecular weight is 277 g/mol. The Balaban J connectivity index is 2.10. The first kappa shape index (κ1) is 14.7. The van der Waals surface area contributed by atoms with Gasteiger partial charge in [0.05, 0.1) is 7.11 Å². The van der Waals surface area contributed by atoms with E-state index >= 15 is 0 Å². The predicted molar refractivity (Wildman–Crippen MR) is 80.0 cm³/mol. The van der Waals surface area contributed by atoms with Crippen molar-refractivity contribution >= 4 is 11.6 Å². The minimum absolute atomic E-state index is 0.320. The second-order valence-electron chi connectivity index (χ2n) is 5.67. The van der Waals surface area contributed by atoms with E-state index in [-0.39, 0.29) is 5.91 Å². The Morgan fingerprint density at radius 1 is 1.55 bits per heavy atom. The zero-order chi connectivity index (χ0) is 14.8. The molecule has 1 amide bonds. The second kappa shape index (κ2) is 5.71. The lowest BCUT2D eigenvalue weighted by atomic mass is 10.0. The van der Waals surface area contributed by atoms with Gasteiger partial charge in [0, 0.05) is 31.4 Å². The third-order valence-electron chi connectivity index (χ3n) is 3.69. The third-order valence-corrected chi connectivity index (χ3v) is 3.69. The van der Waals surface area contributed by atoms with Gasteiger partial charge in [0.2, 0.25) is 5.91 Å². The van der Waals surface area contributed by atoms with Gasteiger partial charge >= 0.3 is 0 Å². The molecule has 2 rings (SSSR count). The minimum Gasteiger partial charge on any atom is -0.497 e. The van der Waals surface area contributed by atoms with Crippen LogP contribution in [-0.2, 0) is 4.79 Å². The fourth-order valence-electron chi connectivity index (χ4n) is 2.29. The van der Waals surface area contributed by atoms with Gasteiger partial charge in [-0.1, -0.05) is 6.07 Å². The normalized spacial score (nSPS) is 17.4. The van der Waals surface area contributed by atoms with E-state index in [2.05, 4.69) is 5.32 Å². The number of nitrogens with one attached hydrogen (secondary N) is 1. The molecule has 1 fully saturated rings. The molecule has 0 aromatic heterocycles. The Bertz CT molecular complexity index is 488. The molecule has 0 saturated heterocycles. The minimum atomic E-state index is -0.723. The van der Waals surface area contributed by atoms with E-state index in [1.807, 2.05) is 43.1 Å². The van der Waals surface area contributed by atoms with Gasteiger partial charge in [-0.05, 0) is 31.9 Å². The summed E-state index contributed by atoms with van der Waals surface area (Å²) in [6.45, 7) is 2.39. The SMILES string of the molecule is COc1cccc(N(C)CC(C)(NC2CC2)C(N)=O)c1. The van der Waals surface area contributed by atoms with Crippen LogP contribution in [-0.4, -0.2) is 38.2 Å². The molecule has 1 aromatic rings. The van der Waals surface area contributed by atoms with E-state index in [1.165, 1.54) is 0 Å². The van der Waals surface area contributed by atoms with Gasteiger partial charge < -0.3 is 15.4 Å². The van der Waals surface area contributed by atoms with E-state index in [0.717, 1.165) is 24.3 Å². The maximum atomic E-state index is 11.8. The first-order valence-corrected chi connectivity index (χ1v) is 6.87. The monoisotopic (exact) mass is 277 g/mol. The number of methoxy groups -OCH3 is 1. The van der Waals surface area contributed by atoms with Crippen molar-refractivity contribution in [1.82, 2.24) is 5.32 Å². The second-order valence-corrected chi connectivity index (χ2v) is 5.67. The molecule has 5 nitrogen and oxygen atoms in total. The maximum absolute atomic E-state index is 11.8. The summed E-state index contributed by atoms with van der Waals surface area (Å²) in [6, 6.07) is 8.18.